The van der Waals surface area contributed by atoms with Crippen LogP contribution in [0, 0.1) is 6.92 Å². The van der Waals surface area contributed by atoms with Crippen molar-refractivity contribution < 1.29 is 27.5 Å². The maximum absolute atomic E-state index is 12.8. The minimum absolute atomic E-state index is 0.00728. The molecule has 0 radical (unpaired) electrons. The quantitative estimate of drug-likeness (QED) is 0.479. The van der Waals surface area contributed by atoms with Gasteiger partial charge in [-0.05, 0) is 48.9 Å². The molecule has 1 aromatic heterocycles. The van der Waals surface area contributed by atoms with Gasteiger partial charge in [0.2, 0.25) is 0 Å². The predicted molar refractivity (Wildman–Crippen MR) is 121 cm³/mol. The number of aromatic nitrogens is 1. The summed E-state index contributed by atoms with van der Waals surface area (Å²) >= 11 is 1.15. The van der Waals surface area contributed by atoms with E-state index in [0.29, 0.717) is 22.7 Å². The number of thiazole rings is 1. The van der Waals surface area contributed by atoms with Crippen LogP contribution in [0.1, 0.15) is 21.6 Å². The molecular formula is C21H21N3O6S2. The third-order valence-corrected chi connectivity index (χ3v) is 6.62. The van der Waals surface area contributed by atoms with E-state index in [9.17, 15) is 18.0 Å². The maximum atomic E-state index is 12.8. The first-order valence-electron chi connectivity index (χ1n) is 9.32. The molecule has 11 heteroatoms. The Morgan fingerprint density at radius 1 is 1.09 bits per heavy atom. The fraction of sp³-hybridized carbons (Fsp3) is 0.190. The molecule has 32 heavy (non-hydrogen) atoms. The number of hydrogen-bond acceptors (Lipinski definition) is 8. The zero-order valence-electron chi connectivity index (χ0n) is 17.5. The third-order valence-electron chi connectivity index (χ3n) is 4.43. The van der Waals surface area contributed by atoms with Gasteiger partial charge in [-0.1, -0.05) is 6.07 Å². The molecule has 0 atom stereocenters. The van der Waals surface area contributed by atoms with Crippen molar-refractivity contribution in [3.05, 3.63) is 64.7 Å². The molecule has 0 aliphatic rings. The fourth-order valence-corrected chi connectivity index (χ4v) is 4.51. The molecule has 0 unspecified atom stereocenters. The second-order valence-corrected chi connectivity index (χ2v) is 9.20. The number of aryl methyl sites for hydroxylation is 1. The van der Waals surface area contributed by atoms with Crippen LogP contribution in [0.5, 0.6) is 5.75 Å². The van der Waals surface area contributed by atoms with E-state index in [-0.39, 0.29) is 22.0 Å². The lowest BCUT2D eigenvalue weighted by Crippen LogP contribution is -2.17. The summed E-state index contributed by atoms with van der Waals surface area (Å²) < 4.78 is 37.8. The Bertz CT molecular complexity index is 1240. The first-order chi connectivity index (χ1) is 15.2. The summed E-state index contributed by atoms with van der Waals surface area (Å²) in [5.74, 6) is -0.353. The van der Waals surface area contributed by atoms with Crippen LogP contribution in [-0.2, 0) is 26.0 Å². The minimum atomic E-state index is -3.93. The summed E-state index contributed by atoms with van der Waals surface area (Å²) in [6, 6.07) is 10.7. The van der Waals surface area contributed by atoms with Crippen LogP contribution in [0.25, 0.3) is 0 Å². The van der Waals surface area contributed by atoms with Gasteiger partial charge in [0.15, 0.2) is 5.13 Å². The molecule has 0 aliphatic carbocycles. The molecule has 0 saturated heterocycles. The van der Waals surface area contributed by atoms with E-state index < -0.39 is 21.9 Å². The number of esters is 1. The Morgan fingerprint density at radius 2 is 1.81 bits per heavy atom. The number of carbonyl (C=O) groups is 2. The van der Waals surface area contributed by atoms with Gasteiger partial charge < -0.3 is 9.47 Å². The molecule has 3 rings (SSSR count). The largest absolute Gasteiger partial charge is 0.497 e. The van der Waals surface area contributed by atoms with Gasteiger partial charge in [0.05, 0.1) is 31.2 Å². The molecule has 0 spiro atoms. The summed E-state index contributed by atoms with van der Waals surface area (Å²) in [6.45, 7) is 1.70. The SMILES string of the molecule is COC(=O)Cc1csc(NC(=O)c2cc(S(=O)(=O)Nc3ccc(OC)cc3)ccc2C)n1. The van der Waals surface area contributed by atoms with Gasteiger partial charge in [-0.15, -0.1) is 11.3 Å². The molecule has 2 aromatic carbocycles. The summed E-state index contributed by atoms with van der Waals surface area (Å²) in [5.41, 5.74) is 1.61. The van der Waals surface area contributed by atoms with Crippen molar-refractivity contribution >= 4 is 44.1 Å². The highest BCUT2D eigenvalue weighted by molar-refractivity contribution is 7.92. The summed E-state index contributed by atoms with van der Waals surface area (Å²) in [7, 11) is -1.13. The zero-order valence-corrected chi connectivity index (χ0v) is 19.2. The molecule has 1 amide bonds. The normalized spacial score (nSPS) is 11.0. The van der Waals surface area contributed by atoms with E-state index in [0.717, 1.165) is 11.3 Å². The Morgan fingerprint density at radius 3 is 2.47 bits per heavy atom. The van der Waals surface area contributed by atoms with E-state index in [4.69, 9.17) is 4.74 Å². The van der Waals surface area contributed by atoms with Gasteiger partial charge >= 0.3 is 5.97 Å². The van der Waals surface area contributed by atoms with Crippen molar-refractivity contribution in [2.24, 2.45) is 0 Å². The van der Waals surface area contributed by atoms with Crippen LogP contribution in [0.15, 0.2) is 52.7 Å². The standard InChI is InChI=1S/C21H21N3O6S2/c1-13-4-9-17(32(27,28)24-14-5-7-16(29-2)8-6-14)11-18(13)20(26)23-21-22-15(12-31-21)10-19(25)30-3/h4-9,11-12,24H,10H2,1-3H3,(H,22,23,26). The number of rotatable bonds is 8. The van der Waals surface area contributed by atoms with E-state index in [1.165, 1.54) is 26.4 Å². The molecule has 0 aliphatic heterocycles. The molecule has 1 heterocycles. The topological polar surface area (TPSA) is 124 Å². The van der Waals surface area contributed by atoms with Crippen molar-refractivity contribution in [3.8, 4) is 5.75 Å². The highest BCUT2D eigenvalue weighted by atomic mass is 32.2. The van der Waals surface area contributed by atoms with Crippen molar-refractivity contribution in [2.45, 2.75) is 18.2 Å². The van der Waals surface area contributed by atoms with E-state index in [1.54, 1.807) is 42.6 Å². The lowest BCUT2D eigenvalue weighted by Gasteiger charge is -2.11. The van der Waals surface area contributed by atoms with Crippen LogP contribution in [0.3, 0.4) is 0 Å². The first-order valence-corrected chi connectivity index (χ1v) is 11.7. The Hall–Kier alpha value is -3.44. The van der Waals surface area contributed by atoms with Gasteiger partial charge in [-0.3, -0.25) is 19.6 Å². The molecule has 9 nitrogen and oxygen atoms in total. The van der Waals surface area contributed by atoms with Crippen molar-refractivity contribution in [1.82, 2.24) is 4.98 Å². The van der Waals surface area contributed by atoms with Gasteiger partial charge in [-0.2, -0.15) is 0 Å². The number of methoxy groups -OCH3 is 2. The second-order valence-electron chi connectivity index (χ2n) is 6.66. The third kappa shape index (κ3) is 5.62. The van der Waals surface area contributed by atoms with E-state index in [1.807, 2.05) is 0 Å². The van der Waals surface area contributed by atoms with Crippen LogP contribution in [0.2, 0.25) is 0 Å². The number of benzene rings is 2. The van der Waals surface area contributed by atoms with E-state index in [2.05, 4.69) is 19.8 Å². The van der Waals surface area contributed by atoms with Crippen molar-refractivity contribution in [2.75, 3.05) is 24.3 Å². The summed E-state index contributed by atoms with van der Waals surface area (Å²) in [6.07, 6.45) is -0.00728. The predicted octanol–water partition coefficient (Wildman–Crippen LogP) is 3.23. The van der Waals surface area contributed by atoms with Crippen LogP contribution in [0.4, 0.5) is 10.8 Å². The summed E-state index contributed by atoms with van der Waals surface area (Å²) in [5, 5.41) is 4.57. The zero-order chi connectivity index (χ0) is 23.3. The number of amides is 1. The van der Waals surface area contributed by atoms with E-state index >= 15 is 0 Å². The average molecular weight is 476 g/mol. The molecule has 2 N–H and O–H groups in total. The highest BCUT2D eigenvalue weighted by Crippen LogP contribution is 2.23. The summed E-state index contributed by atoms with van der Waals surface area (Å²) in [4.78, 5) is 28.2. The van der Waals surface area contributed by atoms with Crippen molar-refractivity contribution in [1.29, 1.82) is 0 Å². The number of anilines is 2. The monoisotopic (exact) mass is 475 g/mol. The van der Waals surface area contributed by atoms with Gasteiger partial charge in [-0.25, -0.2) is 13.4 Å². The van der Waals surface area contributed by atoms with Gasteiger partial charge in [0.1, 0.15) is 5.75 Å². The molecule has 168 valence electrons. The number of carbonyl (C=O) groups excluding carboxylic acids is 2. The number of hydrogen-bond donors (Lipinski definition) is 2. The lowest BCUT2D eigenvalue weighted by atomic mass is 10.1. The molecule has 0 saturated carbocycles. The smallest absolute Gasteiger partial charge is 0.311 e. The number of nitrogens with zero attached hydrogens (tertiary/aromatic N) is 1. The van der Waals surface area contributed by atoms with Gasteiger partial charge in [0, 0.05) is 16.6 Å². The number of ether oxygens (including phenoxy) is 2. The Kier molecular flexibility index (Phi) is 7.11. The average Bonchev–Trinajstić information content (AvgIpc) is 3.20. The van der Waals surface area contributed by atoms with Crippen LogP contribution in [-0.4, -0.2) is 39.5 Å². The molecular weight excluding hydrogens is 454 g/mol. The highest BCUT2D eigenvalue weighted by Gasteiger charge is 2.19. The Labute approximate surface area is 189 Å². The molecule has 0 bridgehead atoms. The van der Waals surface area contributed by atoms with Crippen molar-refractivity contribution in [3.63, 3.8) is 0 Å². The molecule has 3 aromatic rings. The fourth-order valence-electron chi connectivity index (χ4n) is 2.72. The van der Waals surface area contributed by atoms with Crippen LogP contribution >= 0.6 is 11.3 Å². The Balaban J connectivity index is 1.78. The first kappa shape index (κ1) is 23.2. The number of sulfonamides is 1. The number of nitrogens with one attached hydrogen (secondary N) is 2. The maximum Gasteiger partial charge on any atom is 0.311 e. The van der Waals surface area contributed by atoms with Gasteiger partial charge in [0.25, 0.3) is 15.9 Å². The lowest BCUT2D eigenvalue weighted by molar-refractivity contribution is -0.139. The molecule has 0 fully saturated rings. The second kappa shape index (κ2) is 9.79. The van der Waals surface area contributed by atoms with Crippen LogP contribution < -0.4 is 14.8 Å². The minimum Gasteiger partial charge on any atom is -0.497 e.